The van der Waals surface area contributed by atoms with Gasteiger partial charge in [-0.3, -0.25) is 10.2 Å². The standard InChI is InChI=1S/C18H26N4O4S/c1-13-10-14(21-20-13)17(23)22-8-6-18(7-9-22)11-19-27(24,25)16-5-3-2-4-15(16)26-12-18/h2-5,13-14,19-21H,6-12H2,1H3. The summed E-state index contributed by atoms with van der Waals surface area (Å²) in [5, 5.41) is 0. The first-order chi connectivity index (χ1) is 12.9. The van der Waals surface area contributed by atoms with Crippen LogP contribution >= 0.6 is 0 Å². The number of hydrogen-bond acceptors (Lipinski definition) is 6. The van der Waals surface area contributed by atoms with Gasteiger partial charge in [0.05, 0.1) is 6.61 Å². The molecule has 1 spiro atoms. The lowest BCUT2D eigenvalue weighted by molar-refractivity contribution is -0.135. The van der Waals surface area contributed by atoms with Crippen LogP contribution < -0.4 is 20.3 Å². The average Bonchev–Trinajstić information content (AvgIpc) is 3.11. The third kappa shape index (κ3) is 3.69. The van der Waals surface area contributed by atoms with Crippen LogP contribution in [0.2, 0.25) is 0 Å². The summed E-state index contributed by atoms with van der Waals surface area (Å²) >= 11 is 0. The Bertz CT molecular complexity index is 820. The highest BCUT2D eigenvalue weighted by atomic mass is 32.2. The Kier molecular flexibility index (Phi) is 4.87. The summed E-state index contributed by atoms with van der Waals surface area (Å²) in [4.78, 5) is 14.7. The van der Waals surface area contributed by atoms with Crippen molar-refractivity contribution in [3.8, 4) is 5.75 Å². The first-order valence-electron chi connectivity index (χ1n) is 9.40. The quantitative estimate of drug-likeness (QED) is 0.630. The summed E-state index contributed by atoms with van der Waals surface area (Å²) in [5.41, 5.74) is 5.84. The minimum absolute atomic E-state index is 0.111. The Morgan fingerprint density at radius 3 is 2.67 bits per heavy atom. The molecule has 3 N–H and O–H groups in total. The van der Waals surface area contributed by atoms with E-state index < -0.39 is 10.0 Å². The Labute approximate surface area is 159 Å². The molecule has 0 aromatic heterocycles. The van der Waals surface area contributed by atoms with Gasteiger partial charge in [-0.25, -0.2) is 18.6 Å². The maximum Gasteiger partial charge on any atom is 0.244 e. The zero-order valence-electron chi connectivity index (χ0n) is 15.4. The number of fused-ring (bicyclic) bond motifs is 1. The van der Waals surface area contributed by atoms with E-state index >= 15 is 0 Å². The van der Waals surface area contributed by atoms with Crippen molar-refractivity contribution in [3.05, 3.63) is 24.3 Å². The second-order valence-electron chi connectivity index (χ2n) is 7.86. The predicted octanol–water partition coefficient (Wildman–Crippen LogP) is 0.221. The molecule has 0 radical (unpaired) electrons. The number of piperidine rings is 1. The molecule has 3 aliphatic heterocycles. The smallest absolute Gasteiger partial charge is 0.244 e. The first-order valence-corrected chi connectivity index (χ1v) is 10.9. The molecule has 2 saturated heterocycles. The number of benzene rings is 1. The summed E-state index contributed by atoms with van der Waals surface area (Å²) in [7, 11) is -3.60. The molecule has 2 fully saturated rings. The van der Waals surface area contributed by atoms with Crippen molar-refractivity contribution in [2.24, 2.45) is 5.41 Å². The molecule has 27 heavy (non-hydrogen) atoms. The van der Waals surface area contributed by atoms with E-state index in [-0.39, 0.29) is 28.3 Å². The molecule has 148 valence electrons. The van der Waals surface area contributed by atoms with Gasteiger partial charge in [-0.15, -0.1) is 0 Å². The number of nitrogens with zero attached hydrogens (tertiary/aromatic N) is 1. The summed E-state index contributed by atoms with van der Waals surface area (Å²) < 4.78 is 33.8. The Hall–Kier alpha value is -1.68. The first kappa shape index (κ1) is 18.7. The maximum absolute atomic E-state index is 12.7. The average molecular weight is 394 g/mol. The molecule has 1 aromatic carbocycles. The molecule has 4 rings (SSSR count). The minimum Gasteiger partial charge on any atom is -0.492 e. The van der Waals surface area contributed by atoms with Gasteiger partial charge < -0.3 is 9.64 Å². The van der Waals surface area contributed by atoms with Crippen LogP contribution in [0.1, 0.15) is 26.2 Å². The van der Waals surface area contributed by atoms with Crippen LogP contribution in [-0.4, -0.2) is 57.5 Å². The Morgan fingerprint density at radius 2 is 1.96 bits per heavy atom. The number of para-hydroxylation sites is 1. The maximum atomic E-state index is 12.7. The van der Waals surface area contributed by atoms with Gasteiger partial charge >= 0.3 is 0 Å². The van der Waals surface area contributed by atoms with Gasteiger partial charge in [-0.05, 0) is 38.3 Å². The molecule has 1 amide bonds. The van der Waals surface area contributed by atoms with Crippen LogP contribution in [0.4, 0.5) is 0 Å². The van der Waals surface area contributed by atoms with Gasteiger partial charge in [0, 0.05) is 31.1 Å². The molecule has 8 nitrogen and oxygen atoms in total. The second-order valence-corrected chi connectivity index (χ2v) is 9.60. The molecule has 0 aliphatic carbocycles. The molecule has 1 aromatic rings. The molecular weight excluding hydrogens is 368 g/mol. The van der Waals surface area contributed by atoms with Crippen molar-refractivity contribution in [1.82, 2.24) is 20.5 Å². The van der Waals surface area contributed by atoms with Crippen molar-refractivity contribution in [3.63, 3.8) is 0 Å². The number of hydrogen-bond donors (Lipinski definition) is 3. The Morgan fingerprint density at radius 1 is 1.22 bits per heavy atom. The fraction of sp³-hybridized carbons (Fsp3) is 0.611. The summed E-state index contributed by atoms with van der Waals surface area (Å²) in [6.07, 6.45) is 2.19. The lowest BCUT2D eigenvalue weighted by Gasteiger charge is -2.43. The van der Waals surface area contributed by atoms with Crippen LogP contribution in [0.25, 0.3) is 0 Å². The highest BCUT2D eigenvalue weighted by Crippen LogP contribution is 2.36. The minimum atomic E-state index is -3.60. The van der Waals surface area contributed by atoms with E-state index in [2.05, 4.69) is 15.6 Å². The van der Waals surface area contributed by atoms with Crippen LogP contribution in [0, 0.1) is 5.41 Å². The van der Waals surface area contributed by atoms with Crippen LogP contribution in [0.15, 0.2) is 29.2 Å². The highest BCUT2D eigenvalue weighted by molar-refractivity contribution is 7.89. The molecule has 3 aliphatic rings. The number of sulfonamides is 1. The van der Waals surface area contributed by atoms with Crippen LogP contribution in [0.3, 0.4) is 0 Å². The van der Waals surface area contributed by atoms with E-state index in [0.717, 1.165) is 6.42 Å². The third-order valence-electron chi connectivity index (χ3n) is 5.84. The highest BCUT2D eigenvalue weighted by Gasteiger charge is 2.41. The molecule has 0 bridgehead atoms. The number of carbonyl (C=O) groups excluding carboxylic acids is 1. The number of rotatable bonds is 1. The van der Waals surface area contributed by atoms with Crippen molar-refractivity contribution >= 4 is 15.9 Å². The molecule has 2 atom stereocenters. The lowest BCUT2D eigenvalue weighted by Crippen LogP contribution is -2.54. The van der Waals surface area contributed by atoms with Crippen molar-refractivity contribution in [2.75, 3.05) is 26.2 Å². The molecule has 0 saturated carbocycles. The van der Waals surface area contributed by atoms with E-state index in [9.17, 15) is 13.2 Å². The van der Waals surface area contributed by atoms with Crippen LogP contribution in [-0.2, 0) is 14.8 Å². The predicted molar refractivity (Wildman–Crippen MR) is 99.5 cm³/mol. The normalized spacial score (nSPS) is 29.4. The number of nitrogens with one attached hydrogen (secondary N) is 3. The molecule has 9 heteroatoms. The largest absolute Gasteiger partial charge is 0.492 e. The number of likely N-dealkylation sites (tertiary alicyclic amines) is 1. The summed E-state index contributed by atoms with van der Waals surface area (Å²) in [6, 6.07) is 6.80. The topological polar surface area (TPSA) is 99.8 Å². The SMILES string of the molecule is CC1CC(C(=O)N2CCC3(CC2)CNS(=O)(=O)c2ccccc2OC3)NN1. The fourth-order valence-electron chi connectivity index (χ4n) is 4.02. The molecular formula is C18H26N4O4S. The summed E-state index contributed by atoms with van der Waals surface area (Å²) in [5.74, 6) is 0.497. The van der Waals surface area contributed by atoms with Crippen LogP contribution in [0.5, 0.6) is 5.75 Å². The van der Waals surface area contributed by atoms with Crippen molar-refractivity contribution < 1.29 is 17.9 Å². The number of hydrazine groups is 1. The van der Waals surface area contributed by atoms with E-state index in [0.29, 0.717) is 44.8 Å². The van der Waals surface area contributed by atoms with Gasteiger partial charge in [0.2, 0.25) is 15.9 Å². The zero-order chi connectivity index (χ0) is 19.1. The van der Waals surface area contributed by atoms with Crippen molar-refractivity contribution in [2.45, 2.75) is 43.2 Å². The second kappa shape index (κ2) is 7.05. The van der Waals surface area contributed by atoms with Gasteiger partial charge in [0.15, 0.2) is 0 Å². The molecule has 3 heterocycles. The van der Waals surface area contributed by atoms with E-state index in [1.807, 2.05) is 11.8 Å². The Balaban J connectivity index is 1.45. The molecule has 2 unspecified atom stereocenters. The summed E-state index contributed by atoms with van der Waals surface area (Å²) in [6.45, 7) is 4.03. The van der Waals surface area contributed by atoms with Gasteiger partial charge in [-0.2, -0.15) is 0 Å². The van der Waals surface area contributed by atoms with Crippen molar-refractivity contribution in [1.29, 1.82) is 0 Å². The van der Waals surface area contributed by atoms with E-state index in [1.54, 1.807) is 24.3 Å². The third-order valence-corrected chi connectivity index (χ3v) is 7.28. The lowest BCUT2D eigenvalue weighted by atomic mass is 9.79. The van der Waals surface area contributed by atoms with E-state index in [1.165, 1.54) is 0 Å². The fourth-order valence-corrected chi connectivity index (χ4v) is 5.32. The zero-order valence-corrected chi connectivity index (χ0v) is 16.2. The van der Waals surface area contributed by atoms with Gasteiger partial charge in [0.25, 0.3) is 0 Å². The van der Waals surface area contributed by atoms with Gasteiger partial charge in [0.1, 0.15) is 16.7 Å². The number of ether oxygens (including phenoxy) is 1. The number of carbonyl (C=O) groups is 1. The monoisotopic (exact) mass is 394 g/mol. The van der Waals surface area contributed by atoms with E-state index in [4.69, 9.17) is 4.74 Å². The van der Waals surface area contributed by atoms with Gasteiger partial charge in [-0.1, -0.05) is 12.1 Å². The number of amides is 1.